The van der Waals surface area contributed by atoms with E-state index in [1.807, 2.05) is 34.9 Å². The molecule has 2 aromatic heterocycles. The monoisotopic (exact) mass is 398 g/mol. The Balaban J connectivity index is 1.63. The van der Waals surface area contributed by atoms with Gasteiger partial charge in [0.05, 0.1) is 10.1 Å². The van der Waals surface area contributed by atoms with Crippen molar-refractivity contribution in [2.45, 2.75) is 61.6 Å². The van der Waals surface area contributed by atoms with Gasteiger partial charge in [0, 0.05) is 18.2 Å². The maximum atomic E-state index is 12.9. The maximum Gasteiger partial charge on any atom is 0.181 e. The van der Waals surface area contributed by atoms with E-state index in [1.54, 1.807) is 12.1 Å². The molecular weight excluding hydrogens is 372 g/mol. The fraction of sp³-hybridized carbons (Fsp3) is 0.429. The van der Waals surface area contributed by atoms with E-state index in [9.17, 15) is 8.42 Å². The van der Waals surface area contributed by atoms with Crippen molar-refractivity contribution in [3.8, 4) is 11.1 Å². The summed E-state index contributed by atoms with van der Waals surface area (Å²) in [5, 5.41) is 8.14. The van der Waals surface area contributed by atoms with Crippen LogP contribution in [0.4, 0.5) is 0 Å². The highest BCUT2D eigenvalue weighted by atomic mass is 32.2. The molecule has 1 aliphatic carbocycles. The Hall–Kier alpha value is -2.25. The van der Waals surface area contributed by atoms with Crippen molar-refractivity contribution in [1.29, 1.82) is 0 Å². The molecule has 7 heteroatoms. The smallest absolute Gasteiger partial charge is 0.181 e. The van der Waals surface area contributed by atoms with E-state index in [1.165, 1.54) is 0 Å². The van der Waals surface area contributed by atoms with Crippen LogP contribution in [0.5, 0.6) is 0 Å². The van der Waals surface area contributed by atoms with Gasteiger partial charge < -0.3 is 5.73 Å². The highest BCUT2D eigenvalue weighted by Crippen LogP contribution is 2.30. The van der Waals surface area contributed by atoms with Gasteiger partial charge in [0.1, 0.15) is 5.82 Å². The van der Waals surface area contributed by atoms with Gasteiger partial charge in [-0.3, -0.25) is 4.40 Å². The first-order valence-corrected chi connectivity index (χ1v) is 11.4. The second-order valence-electron chi connectivity index (χ2n) is 7.97. The summed E-state index contributed by atoms with van der Waals surface area (Å²) in [7, 11) is -3.31. The Bertz CT molecular complexity index is 1080. The molecular formula is C21H26N4O2S. The van der Waals surface area contributed by atoms with Crippen molar-refractivity contribution in [3.05, 3.63) is 48.4 Å². The number of hydrogen-bond donors (Lipinski definition) is 1. The minimum atomic E-state index is -3.31. The van der Waals surface area contributed by atoms with E-state index >= 15 is 0 Å². The van der Waals surface area contributed by atoms with Crippen LogP contribution in [0.1, 0.15) is 51.3 Å². The summed E-state index contributed by atoms with van der Waals surface area (Å²) in [6.45, 7) is 4.17. The standard InChI is InChI=1S/C21H26N4O2S/c1-14(2)21-24-23-20-12-5-16(13-25(20)21)15-3-8-18(9-4-15)28(26,27)19-10-6-17(22)7-11-19/h3-5,8-9,12-14,17,19H,6-7,10-11,22H2,1-2H3. The minimum Gasteiger partial charge on any atom is -0.328 e. The van der Waals surface area contributed by atoms with Gasteiger partial charge in [-0.05, 0) is 61.1 Å². The average Bonchev–Trinajstić information content (AvgIpc) is 3.12. The van der Waals surface area contributed by atoms with Crippen LogP contribution in [0.2, 0.25) is 0 Å². The van der Waals surface area contributed by atoms with Gasteiger partial charge in [-0.25, -0.2) is 8.42 Å². The molecule has 28 heavy (non-hydrogen) atoms. The molecule has 0 radical (unpaired) electrons. The van der Waals surface area contributed by atoms with Crippen molar-refractivity contribution < 1.29 is 8.42 Å². The lowest BCUT2D eigenvalue weighted by molar-refractivity contribution is 0.434. The number of hydrogen-bond acceptors (Lipinski definition) is 5. The number of benzene rings is 1. The second-order valence-corrected chi connectivity index (χ2v) is 10.2. The molecule has 0 spiro atoms. The Morgan fingerprint density at radius 1 is 0.964 bits per heavy atom. The van der Waals surface area contributed by atoms with Gasteiger partial charge in [0.15, 0.2) is 15.5 Å². The van der Waals surface area contributed by atoms with Gasteiger partial charge in [-0.2, -0.15) is 0 Å². The summed E-state index contributed by atoms with van der Waals surface area (Å²) in [5.74, 6) is 1.17. The predicted molar refractivity (Wildman–Crippen MR) is 110 cm³/mol. The van der Waals surface area contributed by atoms with Crippen LogP contribution >= 0.6 is 0 Å². The molecule has 1 aliphatic rings. The van der Waals surface area contributed by atoms with E-state index < -0.39 is 9.84 Å². The Labute approximate surface area is 165 Å². The van der Waals surface area contributed by atoms with Crippen LogP contribution in [-0.4, -0.2) is 34.3 Å². The molecule has 2 heterocycles. The number of pyridine rings is 1. The molecule has 148 valence electrons. The Kier molecular flexibility index (Phi) is 4.97. The zero-order valence-electron chi connectivity index (χ0n) is 16.2. The third kappa shape index (κ3) is 3.44. The Morgan fingerprint density at radius 3 is 2.25 bits per heavy atom. The number of aromatic nitrogens is 3. The highest BCUT2D eigenvalue weighted by molar-refractivity contribution is 7.92. The van der Waals surface area contributed by atoms with E-state index in [0.717, 1.165) is 35.4 Å². The number of sulfone groups is 1. The summed E-state index contributed by atoms with van der Waals surface area (Å²) >= 11 is 0. The first-order valence-electron chi connectivity index (χ1n) is 9.81. The van der Waals surface area contributed by atoms with Gasteiger partial charge in [-0.1, -0.05) is 26.0 Å². The van der Waals surface area contributed by atoms with Crippen LogP contribution in [0, 0.1) is 0 Å². The van der Waals surface area contributed by atoms with Gasteiger partial charge in [-0.15, -0.1) is 10.2 Å². The molecule has 1 saturated carbocycles. The molecule has 2 N–H and O–H groups in total. The van der Waals surface area contributed by atoms with Gasteiger partial charge >= 0.3 is 0 Å². The summed E-state index contributed by atoms with van der Waals surface area (Å²) in [4.78, 5) is 0.393. The first kappa shape index (κ1) is 19.1. The van der Waals surface area contributed by atoms with E-state index in [0.29, 0.717) is 17.7 Å². The zero-order chi connectivity index (χ0) is 19.9. The summed E-state index contributed by atoms with van der Waals surface area (Å²) in [5.41, 5.74) is 8.70. The van der Waals surface area contributed by atoms with Crippen LogP contribution in [0.15, 0.2) is 47.5 Å². The van der Waals surface area contributed by atoms with Crippen molar-refractivity contribution in [2.75, 3.05) is 0 Å². The summed E-state index contributed by atoms with van der Waals surface area (Å²) in [6.07, 6.45) is 4.86. The van der Waals surface area contributed by atoms with Crippen molar-refractivity contribution >= 4 is 15.5 Å². The normalized spacial score (nSPS) is 20.7. The number of fused-ring (bicyclic) bond motifs is 1. The van der Waals surface area contributed by atoms with Gasteiger partial charge in [0.25, 0.3) is 0 Å². The lowest BCUT2D eigenvalue weighted by Gasteiger charge is -2.25. The maximum absolute atomic E-state index is 12.9. The Morgan fingerprint density at radius 2 is 1.61 bits per heavy atom. The average molecular weight is 399 g/mol. The van der Waals surface area contributed by atoms with Crippen molar-refractivity contribution in [3.63, 3.8) is 0 Å². The largest absolute Gasteiger partial charge is 0.328 e. The molecule has 3 aromatic rings. The number of nitrogens with zero attached hydrogens (tertiary/aromatic N) is 3. The number of rotatable bonds is 4. The molecule has 0 amide bonds. The topological polar surface area (TPSA) is 90.3 Å². The van der Waals surface area contributed by atoms with Crippen LogP contribution in [0.25, 0.3) is 16.8 Å². The second kappa shape index (κ2) is 7.29. The molecule has 1 fully saturated rings. The van der Waals surface area contributed by atoms with Crippen LogP contribution < -0.4 is 5.73 Å². The fourth-order valence-electron chi connectivity index (χ4n) is 3.90. The van der Waals surface area contributed by atoms with E-state index in [2.05, 4.69) is 24.0 Å². The third-order valence-electron chi connectivity index (χ3n) is 5.62. The molecule has 0 bridgehead atoms. The fourth-order valence-corrected chi connectivity index (χ4v) is 5.69. The molecule has 0 saturated heterocycles. The lowest BCUT2D eigenvalue weighted by Crippen LogP contribution is -2.33. The molecule has 0 unspecified atom stereocenters. The van der Waals surface area contributed by atoms with Crippen molar-refractivity contribution in [1.82, 2.24) is 14.6 Å². The predicted octanol–water partition coefficient (Wildman–Crippen LogP) is 3.56. The number of nitrogens with two attached hydrogens (primary N) is 1. The summed E-state index contributed by atoms with van der Waals surface area (Å²) < 4.78 is 27.9. The molecule has 0 aliphatic heterocycles. The lowest BCUT2D eigenvalue weighted by atomic mass is 9.96. The van der Waals surface area contributed by atoms with E-state index in [-0.39, 0.29) is 17.2 Å². The van der Waals surface area contributed by atoms with E-state index in [4.69, 9.17) is 5.73 Å². The summed E-state index contributed by atoms with van der Waals surface area (Å²) in [6, 6.07) is 11.3. The van der Waals surface area contributed by atoms with Crippen LogP contribution in [-0.2, 0) is 9.84 Å². The quantitative estimate of drug-likeness (QED) is 0.726. The highest BCUT2D eigenvalue weighted by Gasteiger charge is 2.31. The minimum absolute atomic E-state index is 0.136. The molecule has 4 rings (SSSR count). The van der Waals surface area contributed by atoms with Crippen molar-refractivity contribution in [2.24, 2.45) is 5.73 Å². The van der Waals surface area contributed by atoms with Gasteiger partial charge in [0.2, 0.25) is 0 Å². The third-order valence-corrected chi connectivity index (χ3v) is 7.90. The van der Waals surface area contributed by atoms with Crippen LogP contribution in [0.3, 0.4) is 0 Å². The molecule has 1 aromatic carbocycles. The molecule has 6 nitrogen and oxygen atoms in total. The SMILES string of the molecule is CC(C)c1nnc2ccc(-c3ccc(S(=O)(=O)C4CCC(N)CC4)cc3)cn12. The first-order chi connectivity index (χ1) is 13.4. The molecule has 0 atom stereocenters. The zero-order valence-corrected chi connectivity index (χ0v) is 17.1.